The predicted molar refractivity (Wildman–Crippen MR) is 114 cm³/mol. The Hall–Kier alpha value is -2.50. The highest BCUT2D eigenvalue weighted by Gasteiger charge is 2.43. The van der Waals surface area contributed by atoms with Crippen LogP contribution >= 0.6 is 11.5 Å². The van der Waals surface area contributed by atoms with Gasteiger partial charge in [-0.15, -0.1) is 0 Å². The Morgan fingerprint density at radius 3 is 2.93 bits per heavy atom. The number of hydrogen-bond acceptors (Lipinski definition) is 6. The molecule has 29 heavy (non-hydrogen) atoms. The summed E-state index contributed by atoms with van der Waals surface area (Å²) in [6.07, 6.45) is 6.96. The first-order valence-corrected chi connectivity index (χ1v) is 11.0. The van der Waals surface area contributed by atoms with Gasteiger partial charge in [0, 0.05) is 25.6 Å². The van der Waals surface area contributed by atoms with E-state index in [0.29, 0.717) is 13.2 Å². The molecule has 7 nitrogen and oxygen atoms in total. The van der Waals surface area contributed by atoms with Gasteiger partial charge in [0.25, 0.3) is 5.54 Å². The van der Waals surface area contributed by atoms with Crippen LogP contribution in [0.3, 0.4) is 0 Å². The van der Waals surface area contributed by atoms with Crippen LogP contribution in [0.1, 0.15) is 44.6 Å². The fraction of sp³-hybridized carbons (Fsp3) is 0.524. The zero-order valence-electron chi connectivity index (χ0n) is 16.5. The lowest BCUT2D eigenvalue weighted by molar-refractivity contribution is 0.0985. The SMILES string of the molecule is [C-]#[N+]C1(c2cc(N3CCOC[C@H]3C)nc3c(-c4ccn[nH]4)nsc23)CCCCC1. The van der Waals surface area contributed by atoms with Crippen molar-refractivity contribution in [2.75, 3.05) is 24.7 Å². The number of ether oxygens (including phenoxy) is 1. The van der Waals surface area contributed by atoms with E-state index >= 15 is 0 Å². The first-order valence-electron chi connectivity index (χ1n) is 10.3. The molecule has 3 aromatic heterocycles. The number of aromatic nitrogens is 4. The fourth-order valence-corrected chi connectivity index (χ4v) is 5.55. The fourth-order valence-electron chi connectivity index (χ4n) is 4.61. The number of H-pyrrole nitrogens is 1. The van der Waals surface area contributed by atoms with Crippen molar-refractivity contribution in [3.05, 3.63) is 35.3 Å². The molecular formula is C21H24N6OS. The highest BCUT2D eigenvalue weighted by Crippen LogP contribution is 2.46. The van der Waals surface area contributed by atoms with Gasteiger partial charge in [0.2, 0.25) is 0 Å². The van der Waals surface area contributed by atoms with Gasteiger partial charge in [0.05, 0.1) is 35.2 Å². The van der Waals surface area contributed by atoms with Gasteiger partial charge in [-0.1, -0.05) is 6.42 Å². The number of nitrogens with zero attached hydrogens (tertiary/aromatic N) is 5. The summed E-state index contributed by atoms with van der Waals surface area (Å²) in [5.74, 6) is 0.929. The first kappa shape index (κ1) is 18.5. The molecule has 1 N–H and O–H groups in total. The molecule has 8 heteroatoms. The molecule has 5 rings (SSSR count). The molecule has 0 unspecified atom stereocenters. The third-order valence-electron chi connectivity index (χ3n) is 6.23. The second-order valence-corrected chi connectivity index (χ2v) is 8.80. The lowest BCUT2D eigenvalue weighted by atomic mass is 9.77. The molecule has 1 aliphatic carbocycles. The van der Waals surface area contributed by atoms with Gasteiger partial charge in [-0.05, 0) is 43.4 Å². The van der Waals surface area contributed by atoms with Crippen LogP contribution in [0.25, 0.3) is 26.4 Å². The van der Waals surface area contributed by atoms with E-state index in [1.54, 1.807) is 6.20 Å². The van der Waals surface area contributed by atoms with E-state index in [2.05, 4.69) is 32.9 Å². The van der Waals surface area contributed by atoms with Crippen LogP contribution < -0.4 is 4.90 Å². The largest absolute Gasteiger partial charge is 0.377 e. The second kappa shape index (κ2) is 7.39. The molecule has 0 bridgehead atoms. The van der Waals surface area contributed by atoms with Crippen molar-refractivity contribution >= 4 is 27.6 Å². The van der Waals surface area contributed by atoms with E-state index in [0.717, 1.165) is 65.2 Å². The van der Waals surface area contributed by atoms with E-state index < -0.39 is 5.54 Å². The number of anilines is 1. The minimum absolute atomic E-state index is 0.249. The van der Waals surface area contributed by atoms with Gasteiger partial charge in [-0.3, -0.25) is 5.10 Å². The van der Waals surface area contributed by atoms with Crippen LogP contribution in [0.2, 0.25) is 0 Å². The van der Waals surface area contributed by atoms with Gasteiger partial charge in [-0.2, -0.15) is 9.47 Å². The number of pyridine rings is 1. The predicted octanol–water partition coefficient (Wildman–Crippen LogP) is 4.39. The van der Waals surface area contributed by atoms with E-state index in [4.69, 9.17) is 20.7 Å². The minimum atomic E-state index is -0.471. The minimum Gasteiger partial charge on any atom is -0.377 e. The third-order valence-corrected chi connectivity index (χ3v) is 7.10. The number of aromatic amines is 1. The molecule has 0 amide bonds. The summed E-state index contributed by atoms with van der Waals surface area (Å²) in [6.45, 7) is 12.5. The maximum Gasteiger partial charge on any atom is 0.259 e. The van der Waals surface area contributed by atoms with Crippen molar-refractivity contribution < 1.29 is 4.74 Å². The maximum absolute atomic E-state index is 8.10. The summed E-state index contributed by atoms with van der Waals surface area (Å²) in [5, 5.41) is 7.11. The van der Waals surface area contributed by atoms with E-state index in [1.165, 1.54) is 18.0 Å². The van der Waals surface area contributed by atoms with Gasteiger partial charge in [0.1, 0.15) is 17.0 Å². The van der Waals surface area contributed by atoms with Gasteiger partial charge >= 0.3 is 0 Å². The van der Waals surface area contributed by atoms with Gasteiger partial charge in [-0.25, -0.2) is 11.6 Å². The molecule has 4 heterocycles. The zero-order chi connectivity index (χ0) is 19.8. The second-order valence-electron chi connectivity index (χ2n) is 8.03. The summed E-state index contributed by atoms with van der Waals surface area (Å²) in [5.41, 5.74) is 3.19. The topological polar surface area (TPSA) is 71.3 Å². The molecule has 1 saturated heterocycles. The smallest absolute Gasteiger partial charge is 0.259 e. The molecule has 1 aliphatic heterocycles. The van der Waals surface area contributed by atoms with Crippen LogP contribution in [0, 0.1) is 6.57 Å². The third kappa shape index (κ3) is 3.09. The molecule has 1 atom stereocenters. The van der Waals surface area contributed by atoms with Crippen LogP contribution in [0.5, 0.6) is 0 Å². The average molecular weight is 409 g/mol. The number of rotatable bonds is 3. The quantitative estimate of drug-likeness (QED) is 0.651. The molecular weight excluding hydrogens is 384 g/mol. The van der Waals surface area contributed by atoms with Crippen molar-refractivity contribution in [2.45, 2.75) is 50.6 Å². The summed E-state index contributed by atoms with van der Waals surface area (Å²) in [7, 11) is 0. The standard InChI is InChI=1S/C21H24N6OS/c1-14-13-28-11-10-27(14)17-12-15(21(22-2)7-4-3-5-8-21)20-19(24-17)18(26-29-20)16-6-9-23-25-16/h6,9,12,14H,3-5,7-8,10-11,13H2,1H3,(H,23,25)/t14-/m1/s1. The van der Waals surface area contributed by atoms with Crippen LogP contribution in [-0.4, -0.2) is 45.4 Å². The Kier molecular flexibility index (Phi) is 4.72. The molecule has 2 fully saturated rings. The summed E-state index contributed by atoms with van der Waals surface area (Å²) in [4.78, 5) is 11.6. The molecule has 0 spiro atoms. The summed E-state index contributed by atoms with van der Waals surface area (Å²) >= 11 is 1.46. The Balaban J connectivity index is 1.74. The van der Waals surface area contributed by atoms with Gasteiger partial charge in [0.15, 0.2) is 0 Å². The van der Waals surface area contributed by atoms with E-state index in [-0.39, 0.29) is 6.04 Å². The van der Waals surface area contributed by atoms with Crippen molar-refractivity contribution in [1.29, 1.82) is 0 Å². The Morgan fingerprint density at radius 1 is 1.34 bits per heavy atom. The normalized spacial score (nSPS) is 21.9. The Labute approximate surface area is 174 Å². The van der Waals surface area contributed by atoms with Crippen molar-refractivity contribution in [3.63, 3.8) is 0 Å². The maximum atomic E-state index is 8.10. The van der Waals surface area contributed by atoms with Crippen LogP contribution in [0.4, 0.5) is 5.82 Å². The highest BCUT2D eigenvalue weighted by atomic mass is 32.1. The first-order chi connectivity index (χ1) is 14.2. The van der Waals surface area contributed by atoms with Crippen LogP contribution in [-0.2, 0) is 10.3 Å². The molecule has 2 aliphatic rings. The summed E-state index contributed by atoms with van der Waals surface area (Å²) < 4.78 is 11.4. The molecule has 150 valence electrons. The molecule has 1 saturated carbocycles. The van der Waals surface area contributed by atoms with E-state index in [1.807, 2.05) is 6.07 Å². The van der Waals surface area contributed by atoms with Gasteiger partial charge < -0.3 is 14.5 Å². The summed E-state index contributed by atoms with van der Waals surface area (Å²) in [6, 6.07) is 4.34. The monoisotopic (exact) mass is 408 g/mol. The lowest BCUT2D eigenvalue weighted by Gasteiger charge is -2.35. The van der Waals surface area contributed by atoms with Crippen LogP contribution in [0.15, 0.2) is 18.3 Å². The Morgan fingerprint density at radius 2 is 2.21 bits per heavy atom. The van der Waals surface area contributed by atoms with Crippen molar-refractivity contribution in [2.24, 2.45) is 0 Å². The number of hydrogen-bond donors (Lipinski definition) is 1. The average Bonchev–Trinajstić information content (AvgIpc) is 3.43. The number of fused-ring (bicyclic) bond motifs is 1. The Bertz CT molecular complexity index is 1050. The van der Waals surface area contributed by atoms with Crippen molar-refractivity contribution in [1.82, 2.24) is 19.6 Å². The number of nitrogens with one attached hydrogen (secondary N) is 1. The highest BCUT2D eigenvalue weighted by molar-refractivity contribution is 7.13. The van der Waals surface area contributed by atoms with E-state index in [9.17, 15) is 0 Å². The molecule has 0 aromatic carbocycles. The zero-order valence-corrected chi connectivity index (χ0v) is 17.3. The molecule has 0 radical (unpaired) electrons. The molecule has 3 aromatic rings. The number of morpholine rings is 1. The lowest BCUT2D eigenvalue weighted by Crippen LogP contribution is -2.44. The van der Waals surface area contributed by atoms with Crippen molar-refractivity contribution in [3.8, 4) is 11.4 Å².